The molecular weight excluding hydrogens is 600 g/mol. The van der Waals surface area contributed by atoms with Crippen molar-refractivity contribution in [3.63, 3.8) is 0 Å². The number of carbonyl (C=O) groups excluding carboxylic acids is 3. The van der Waals surface area contributed by atoms with Crippen LogP contribution >= 0.6 is 0 Å². The quantitative estimate of drug-likeness (QED) is 0.138. The average molecular weight is 643 g/mol. The Morgan fingerprint density at radius 2 is 1.44 bits per heavy atom. The molecule has 45 heavy (non-hydrogen) atoms. The van der Waals surface area contributed by atoms with E-state index in [4.69, 9.17) is 9.90 Å². The van der Waals surface area contributed by atoms with Gasteiger partial charge in [0.2, 0.25) is 12.3 Å². The molecular formula is C31H42N6O7S. The SMILES string of the molecule is CC(=O)O.CC(C)C(=O)Nc1ccc(NC(=O)NCc2cccc(NS(=O)(=O)c3cccc(NC=O)c3)c2)cc1.CCCNC. The van der Waals surface area contributed by atoms with Gasteiger partial charge in [-0.05, 0) is 80.2 Å². The number of benzene rings is 3. The van der Waals surface area contributed by atoms with Gasteiger partial charge in [-0.1, -0.05) is 39.0 Å². The highest BCUT2D eigenvalue weighted by atomic mass is 32.2. The summed E-state index contributed by atoms with van der Waals surface area (Å²) in [6.45, 7) is 8.13. The summed E-state index contributed by atoms with van der Waals surface area (Å²) < 4.78 is 27.9. The lowest BCUT2D eigenvalue weighted by molar-refractivity contribution is -0.134. The molecule has 0 saturated carbocycles. The Balaban J connectivity index is 0.000000989. The number of amides is 4. The van der Waals surface area contributed by atoms with Crippen LogP contribution in [0, 0.1) is 5.92 Å². The number of anilines is 4. The summed E-state index contributed by atoms with van der Waals surface area (Å²) in [6, 6.07) is 18.8. The molecule has 7 N–H and O–H groups in total. The van der Waals surface area contributed by atoms with Crippen molar-refractivity contribution < 1.29 is 32.7 Å². The lowest BCUT2D eigenvalue weighted by atomic mass is 10.2. The van der Waals surface area contributed by atoms with Crippen LogP contribution < -0.4 is 31.3 Å². The third-order valence-corrected chi connectivity index (χ3v) is 6.82. The highest BCUT2D eigenvalue weighted by molar-refractivity contribution is 7.92. The third kappa shape index (κ3) is 15.9. The molecule has 0 saturated heterocycles. The molecule has 0 atom stereocenters. The zero-order valence-electron chi connectivity index (χ0n) is 26.0. The fourth-order valence-corrected chi connectivity index (χ4v) is 4.41. The van der Waals surface area contributed by atoms with E-state index in [9.17, 15) is 22.8 Å². The first-order valence-corrected chi connectivity index (χ1v) is 15.5. The summed E-state index contributed by atoms with van der Waals surface area (Å²) in [6.07, 6.45) is 1.70. The van der Waals surface area contributed by atoms with E-state index in [0.717, 1.165) is 13.5 Å². The first-order chi connectivity index (χ1) is 21.3. The number of sulfonamides is 1. The monoisotopic (exact) mass is 642 g/mol. The van der Waals surface area contributed by atoms with Crippen LogP contribution in [0.4, 0.5) is 27.5 Å². The minimum Gasteiger partial charge on any atom is -0.481 e. The number of carboxylic acids is 1. The normalized spacial score (nSPS) is 10.2. The molecule has 244 valence electrons. The van der Waals surface area contributed by atoms with Crippen LogP contribution in [0.3, 0.4) is 0 Å². The standard InChI is InChI=1S/C25H27N5O5S.C4H11N.C2H4O2/c1-17(2)24(32)28-19-9-11-20(12-10-19)29-25(33)26-15-18-5-3-7-22(13-18)30-36(34,35)23-8-4-6-21(14-23)27-16-31;1-3-4-5-2;1-2(3)4/h3-14,16-17,30H,15H2,1-2H3,(H,27,31)(H,28,32)(H2,26,29,33);5H,3-4H2,1-2H3;1H3,(H,3,4). The zero-order valence-corrected chi connectivity index (χ0v) is 26.8. The van der Waals surface area contributed by atoms with Gasteiger partial charge >= 0.3 is 6.03 Å². The van der Waals surface area contributed by atoms with Gasteiger partial charge in [0.05, 0.1) is 4.90 Å². The van der Waals surface area contributed by atoms with E-state index in [2.05, 4.69) is 38.2 Å². The van der Waals surface area contributed by atoms with E-state index >= 15 is 0 Å². The number of nitrogens with one attached hydrogen (secondary N) is 6. The van der Waals surface area contributed by atoms with Crippen LogP contribution in [0.15, 0.2) is 77.7 Å². The smallest absolute Gasteiger partial charge is 0.319 e. The van der Waals surface area contributed by atoms with E-state index < -0.39 is 22.0 Å². The van der Waals surface area contributed by atoms with Crippen molar-refractivity contribution in [2.24, 2.45) is 5.92 Å². The number of hydrogen-bond acceptors (Lipinski definition) is 7. The maximum atomic E-state index is 12.7. The van der Waals surface area contributed by atoms with E-state index in [1.54, 1.807) is 68.4 Å². The second-order valence-corrected chi connectivity index (χ2v) is 11.4. The van der Waals surface area contributed by atoms with Gasteiger partial charge in [-0.25, -0.2) is 13.2 Å². The van der Waals surface area contributed by atoms with Crippen LogP contribution in [0.5, 0.6) is 0 Å². The van der Waals surface area contributed by atoms with Crippen molar-refractivity contribution in [2.45, 2.75) is 45.6 Å². The third-order valence-electron chi connectivity index (χ3n) is 5.44. The topological polar surface area (TPSA) is 195 Å². The molecule has 3 aromatic carbocycles. The highest BCUT2D eigenvalue weighted by Crippen LogP contribution is 2.20. The van der Waals surface area contributed by atoms with E-state index in [-0.39, 0.29) is 23.3 Å². The first kappa shape index (κ1) is 38.1. The predicted octanol–water partition coefficient (Wildman–Crippen LogP) is 4.68. The van der Waals surface area contributed by atoms with E-state index in [1.807, 2.05) is 7.05 Å². The first-order valence-electron chi connectivity index (χ1n) is 14.0. The van der Waals surface area contributed by atoms with Gasteiger partial charge in [0.15, 0.2) is 0 Å². The molecule has 3 aromatic rings. The van der Waals surface area contributed by atoms with Crippen molar-refractivity contribution in [1.82, 2.24) is 10.6 Å². The Labute approximate surface area is 264 Å². The van der Waals surface area contributed by atoms with Crippen molar-refractivity contribution in [1.29, 1.82) is 0 Å². The van der Waals surface area contributed by atoms with Crippen molar-refractivity contribution >= 4 is 57.1 Å². The Morgan fingerprint density at radius 3 is 1.98 bits per heavy atom. The Hall–Kier alpha value is -4.95. The van der Waals surface area contributed by atoms with Crippen LogP contribution in [0.25, 0.3) is 0 Å². The van der Waals surface area contributed by atoms with E-state index in [0.29, 0.717) is 34.7 Å². The molecule has 0 bridgehead atoms. The number of aliphatic carboxylic acids is 1. The van der Waals surface area contributed by atoms with Gasteiger partial charge in [-0.2, -0.15) is 0 Å². The summed E-state index contributed by atoms with van der Waals surface area (Å²) in [7, 11) is -1.93. The molecule has 0 spiro atoms. The number of carbonyl (C=O) groups is 4. The lowest BCUT2D eigenvalue weighted by Gasteiger charge is -2.12. The van der Waals surface area contributed by atoms with Crippen molar-refractivity contribution in [3.8, 4) is 0 Å². The second-order valence-electron chi connectivity index (χ2n) is 9.75. The summed E-state index contributed by atoms with van der Waals surface area (Å²) in [5.74, 6) is -1.07. The maximum absolute atomic E-state index is 12.7. The molecule has 0 aromatic heterocycles. The number of urea groups is 1. The van der Waals surface area contributed by atoms with Gasteiger partial charge in [0.25, 0.3) is 16.0 Å². The van der Waals surface area contributed by atoms with Crippen LogP contribution in [-0.2, 0) is 31.0 Å². The second kappa shape index (κ2) is 20.1. The lowest BCUT2D eigenvalue weighted by Crippen LogP contribution is -2.28. The van der Waals surface area contributed by atoms with Crippen LogP contribution in [-0.4, -0.2) is 51.4 Å². The van der Waals surface area contributed by atoms with Crippen molar-refractivity contribution in [2.75, 3.05) is 34.3 Å². The maximum Gasteiger partial charge on any atom is 0.319 e. The Morgan fingerprint density at radius 1 is 0.867 bits per heavy atom. The summed E-state index contributed by atoms with van der Waals surface area (Å²) in [5.41, 5.74) is 2.52. The number of hydrogen-bond donors (Lipinski definition) is 7. The van der Waals surface area contributed by atoms with Gasteiger partial charge in [0, 0.05) is 42.1 Å². The van der Waals surface area contributed by atoms with E-state index in [1.165, 1.54) is 24.6 Å². The molecule has 4 amide bonds. The van der Waals surface area contributed by atoms with Crippen molar-refractivity contribution in [3.05, 3.63) is 78.4 Å². The summed E-state index contributed by atoms with van der Waals surface area (Å²) in [4.78, 5) is 43.7. The molecule has 0 unspecified atom stereocenters. The molecule has 0 fully saturated rings. The molecule has 0 aliphatic rings. The molecule has 0 aliphatic heterocycles. The molecule has 0 aliphatic carbocycles. The molecule has 13 nitrogen and oxygen atoms in total. The summed E-state index contributed by atoms with van der Waals surface area (Å²) >= 11 is 0. The average Bonchev–Trinajstić information content (AvgIpc) is 2.98. The number of carboxylic acid groups (broad SMARTS) is 1. The minimum absolute atomic E-state index is 0.00736. The molecule has 0 radical (unpaired) electrons. The fourth-order valence-electron chi connectivity index (χ4n) is 3.31. The molecule has 0 heterocycles. The minimum atomic E-state index is -3.89. The van der Waals surface area contributed by atoms with Gasteiger partial charge in [0.1, 0.15) is 0 Å². The zero-order chi connectivity index (χ0) is 33.8. The largest absolute Gasteiger partial charge is 0.481 e. The van der Waals surface area contributed by atoms with Gasteiger partial charge < -0.3 is 31.7 Å². The summed E-state index contributed by atoms with van der Waals surface area (Å²) in [5, 5.41) is 21.0. The predicted molar refractivity (Wildman–Crippen MR) is 177 cm³/mol. The molecule has 14 heteroatoms. The highest BCUT2D eigenvalue weighted by Gasteiger charge is 2.15. The Kier molecular flexibility index (Phi) is 17.0. The van der Waals surface area contributed by atoms with Gasteiger partial charge in [-0.3, -0.25) is 19.1 Å². The van der Waals surface area contributed by atoms with Gasteiger partial charge in [-0.15, -0.1) is 0 Å². The van der Waals surface area contributed by atoms with Crippen LogP contribution in [0.1, 0.15) is 39.7 Å². The van der Waals surface area contributed by atoms with Crippen LogP contribution in [0.2, 0.25) is 0 Å². The number of rotatable bonds is 12. The Bertz CT molecular complexity index is 1490. The molecule has 3 rings (SSSR count). The fraction of sp³-hybridized carbons (Fsp3) is 0.290.